The Kier molecular flexibility index (Phi) is 5.90. The van der Waals surface area contributed by atoms with Crippen LogP contribution in [0.4, 0.5) is 5.69 Å². The van der Waals surface area contributed by atoms with Gasteiger partial charge in [0.1, 0.15) is 0 Å². The zero-order valence-electron chi connectivity index (χ0n) is 15.1. The number of carboxylic acids is 1. The summed E-state index contributed by atoms with van der Waals surface area (Å²) in [5.74, 6) is -2.02. The molecule has 0 fully saturated rings. The van der Waals surface area contributed by atoms with Crippen molar-refractivity contribution in [3.05, 3.63) is 66.1 Å². The number of amides is 2. The molecule has 8 heteroatoms. The fourth-order valence-electron chi connectivity index (χ4n) is 2.99. The van der Waals surface area contributed by atoms with Gasteiger partial charge in [0.25, 0.3) is 5.91 Å². The van der Waals surface area contributed by atoms with Crippen molar-refractivity contribution in [2.24, 2.45) is 0 Å². The minimum absolute atomic E-state index is 0.0350. The SMILES string of the molecule is C=CCOCC(NC(=O)c1occc1CN1C(=O)Cc2ccccc21)C(=O)O. The molecule has 0 saturated heterocycles. The van der Waals surface area contributed by atoms with Gasteiger partial charge in [-0.1, -0.05) is 24.3 Å². The van der Waals surface area contributed by atoms with E-state index in [0.29, 0.717) is 12.0 Å². The average molecular weight is 384 g/mol. The first-order valence-corrected chi connectivity index (χ1v) is 8.68. The Morgan fingerprint density at radius 1 is 1.36 bits per heavy atom. The largest absolute Gasteiger partial charge is 0.480 e. The lowest BCUT2D eigenvalue weighted by molar-refractivity contribution is -0.140. The highest BCUT2D eigenvalue weighted by atomic mass is 16.5. The van der Waals surface area contributed by atoms with Gasteiger partial charge in [-0.2, -0.15) is 0 Å². The van der Waals surface area contributed by atoms with Crippen LogP contribution in [0.25, 0.3) is 0 Å². The van der Waals surface area contributed by atoms with Crippen molar-refractivity contribution in [3.63, 3.8) is 0 Å². The number of rotatable bonds is 9. The molecule has 2 N–H and O–H groups in total. The summed E-state index contributed by atoms with van der Waals surface area (Å²) in [6.07, 6.45) is 3.12. The second-order valence-corrected chi connectivity index (χ2v) is 6.25. The average Bonchev–Trinajstić information content (AvgIpc) is 3.26. The van der Waals surface area contributed by atoms with Gasteiger partial charge >= 0.3 is 5.97 Å². The number of aliphatic carboxylic acids is 1. The molecule has 0 radical (unpaired) electrons. The van der Waals surface area contributed by atoms with E-state index in [2.05, 4.69) is 11.9 Å². The molecule has 0 aliphatic carbocycles. The highest BCUT2D eigenvalue weighted by Crippen LogP contribution is 2.30. The van der Waals surface area contributed by atoms with Crippen LogP contribution in [-0.2, 0) is 27.3 Å². The van der Waals surface area contributed by atoms with Crippen molar-refractivity contribution in [2.45, 2.75) is 19.0 Å². The summed E-state index contributed by atoms with van der Waals surface area (Å²) in [6.45, 7) is 3.59. The van der Waals surface area contributed by atoms with Gasteiger partial charge in [0, 0.05) is 11.3 Å². The van der Waals surface area contributed by atoms with Gasteiger partial charge in [-0.05, 0) is 17.7 Å². The lowest BCUT2D eigenvalue weighted by atomic mass is 10.1. The summed E-state index contributed by atoms with van der Waals surface area (Å²) in [5, 5.41) is 11.6. The third kappa shape index (κ3) is 4.12. The van der Waals surface area contributed by atoms with Crippen LogP contribution in [0, 0.1) is 0 Å². The lowest BCUT2D eigenvalue weighted by Gasteiger charge is -2.18. The van der Waals surface area contributed by atoms with Crippen LogP contribution in [0.2, 0.25) is 0 Å². The van der Waals surface area contributed by atoms with Crippen LogP contribution in [0.5, 0.6) is 0 Å². The number of carbonyl (C=O) groups is 3. The molecule has 3 rings (SSSR count). The summed E-state index contributed by atoms with van der Waals surface area (Å²) in [7, 11) is 0. The van der Waals surface area contributed by atoms with Crippen molar-refractivity contribution >= 4 is 23.5 Å². The maximum atomic E-state index is 12.5. The quantitative estimate of drug-likeness (QED) is 0.504. The van der Waals surface area contributed by atoms with E-state index < -0.39 is 17.9 Å². The highest BCUT2D eigenvalue weighted by Gasteiger charge is 2.30. The second-order valence-electron chi connectivity index (χ2n) is 6.25. The normalized spacial score (nSPS) is 13.9. The molecule has 1 aromatic carbocycles. The number of hydrogen-bond acceptors (Lipinski definition) is 5. The first-order chi connectivity index (χ1) is 13.5. The third-order valence-electron chi connectivity index (χ3n) is 4.33. The Balaban J connectivity index is 1.73. The molecular weight excluding hydrogens is 364 g/mol. The van der Waals surface area contributed by atoms with Gasteiger partial charge in [0.15, 0.2) is 11.8 Å². The van der Waals surface area contributed by atoms with E-state index in [1.54, 1.807) is 11.0 Å². The van der Waals surface area contributed by atoms with Gasteiger partial charge in [0.05, 0.1) is 32.4 Å². The number of hydrogen-bond donors (Lipinski definition) is 2. The molecule has 2 aromatic rings. The fourth-order valence-corrected chi connectivity index (χ4v) is 2.99. The number of nitrogens with zero attached hydrogens (tertiary/aromatic N) is 1. The molecule has 8 nitrogen and oxygen atoms in total. The number of anilines is 1. The second kappa shape index (κ2) is 8.53. The summed E-state index contributed by atoms with van der Waals surface area (Å²) in [6, 6.07) is 7.79. The van der Waals surface area contributed by atoms with Crippen LogP contribution in [0.1, 0.15) is 21.7 Å². The first-order valence-electron chi connectivity index (χ1n) is 8.68. The van der Waals surface area contributed by atoms with Crippen LogP contribution in [0.3, 0.4) is 0 Å². The van der Waals surface area contributed by atoms with Gasteiger partial charge in [-0.15, -0.1) is 6.58 Å². The van der Waals surface area contributed by atoms with E-state index in [-0.39, 0.29) is 31.4 Å². The van der Waals surface area contributed by atoms with E-state index in [9.17, 15) is 19.5 Å². The van der Waals surface area contributed by atoms with Crippen molar-refractivity contribution in [1.82, 2.24) is 5.32 Å². The maximum Gasteiger partial charge on any atom is 0.328 e. The number of benzene rings is 1. The molecule has 28 heavy (non-hydrogen) atoms. The molecule has 1 aromatic heterocycles. The minimum Gasteiger partial charge on any atom is -0.480 e. The Labute approximate surface area is 161 Å². The summed E-state index contributed by atoms with van der Waals surface area (Å²) in [5.41, 5.74) is 2.20. The van der Waals surface area contributed by atoms with Crippen molar-refractivity contribution < 1.29 is 28.6 Å². The van der Waals surface area contributed by atoms with E-state index in [1.165, 1.54) is 12.3 Å². The number of ether oxygens (including phenoxy) is 1. The van der Waals surface area contributed by atoms with Crippen molar-refractivity contribution in [3.8, 4) is 0 Å². The van der Waals surface area contributed by atoms with Gasteiger partial charge < -0.3 is 24.5 Å². The standard InChI is InChI=1S/C20H20N2O6/c1-2-8-27-12-15(20(25)26)21-19(24)18-14(7-9-28-18)11-22-16-6-4-3-5-13(16)10-17(22)23/h2-7,9,15H,1,8,10-12H2,(H,21,24)(H,25,26). The van der Waals surface area contributed by atoms with Crippen molar-refractivity contribution in [2.75, 3.05) is 18.1 Å². The van der Waals surface area contributed by atoms with Crippen LogP contribution >= 0.6 is 0 Å². The molecule has 1 aliphatic heterocycles. The molecule has 2 heterocycles. The molecule has 1 unspecified atom stereocenters. The number of nitrogens with one attached hydrogen (secondary N) is 1. The van der Waals surface area contributed by atoms with Crippen molar-refractivity contribution in [1.29, 1.82) is 0 Å². The Morgan fingerprint density at radius 2 is 2.14 bits per heavy atom. The molecule has 2 amide bonds. The lowest BCUT2D eigenvalue weighted by Crippen LogP contribution is -2.44. The van der Waals surface area contributed by atoms with Gasteiger partial charge in [-0.3, -0.25) is 9.59 Å². The number of fused-ring (bicyclic) bond motifs is 1. The van der Waals surface area contributed by atoms with Gasteiger partial charge in [0.2, 0.25) is 5.91 Å². The molecule has 0 saturated carbocycles. The van der Waals surface area contributed by atoms with E-state index >= 15 is 0 Å². The maximum absolute atomic E-state index is 12.5. The molecule has 1 atom stereocenters. The number of furan rings is 1. The van der Waals surface area contributed by atoms with E-state index in [1.807, 2.05) is 24.3 Å². The summed E-state index contributed by atoms with van der Waals surface area (Å²) >= 11 is 0. The number of para-hydroxylation sites is 1. The Bertz CT molecular complexity index is 904. The highest BCUT2D eigenvalue weighted by molar-refractivity contribution is 6.02. The van der Waals surface area contributed by atoms with E-state index in [0.717, 1.165) is 11.3 Å². The van der Waals surface area contributed by atoms with E-state index in [4.69, 9.17) is 9.15 Å². The molecule has 146 valence electrons. The Morgan fingerprint density at radius 3 is 2.89 bits per heavy atom. The molecular formula is C20H20N2O6. The zero-order chi connectivity index (χ0) is 20.1. The third-order valence-corrected chi connectivity index (χ3v) is 4.33. The number of carboxylic acid groups (broad SMARTS) is 1. The van der Waals surface area contributed by atoms with Crippen LogP contribution < -0.4 is 10.2 Å². The van der Waals surface area contributed by atoms with Crippen LogP contribution in [-0.4, -0.2) is 42.1 Å². The Hall–Kier alpha value is -3.39. The minimum atomic E-state index is -1.24. The molecule has 0 spiro atoms. The smallest absolute Gasteiger partial charge is 0.328 e. The predicted molar refractivity (Wildman–Crippen MR) is 100.0 cm³/mol. The molecule has 0 bridgehead atoms. The molecule has 1 aliphatic rings. The topological polar surface area (TPSA) is 109 Å². The monoisotopic (exact) mass is 384 g/mol. The predicted octanol–water partition coefficient (Wildman–Crippen LogP) is 1.75. The first kappa shape index (κ1) is 19.4. The fraction of sp³-hybridized carbons (Fsp3) is 0.250. The zero-order valence-corrected chi connectivity index (χ0v) is 15.1. The summed E-state index contributed by atoms with van der Waals surface area (Å²) in [4.78, 5) is 37.8. The number of carbonyl (C=O) groups excluding carboxylic acids is 2. The summed E-state index contributed by atoms with van der Waals surface area (Å²) < 4.78 is 10.4. The van der Waals surface area contributed by atoms with Crippen LogP contribution in [0.15, 0.2) is 53.7 Å². The van der Waals surface area contributed by atoms with Gasteiger partial charge in [-0.25, -0.2) is 4.79 Å².